The molecule has 1 fully saturated rings. The van der Waals surface area contributed by atoms with Crippen LogP contribution in [-0.2, 0) is 15.3 Å². The third kappa shape index (κ3) is 5.36. The van der Waals surface area contributed by atoms with Crippen molar-refractivity contribution >= 4 is 23.6 Å². The number of likely N-dealkylation sites (tertiary alicyclic amines) is 1. The largest absolute Gasteiger partial charge is 0.354 e. The topological polar surface area (TPSA) is 49.4 Å². The minimum absolute atomic E-state index is 0.0625. The highest BCUT2D eigenvalue weighted by atomic mass is 32.2. The molecule has 1 atom stereocenters. The first-order chi connectivity index (χ1) is 12.7. The fourth-order valence-corrected chi connectivity index (χ4v) is 3.95. The van der Waals surface area contributed by atoms with Gasteiger partial charge in [-0.2, -0.15) is 11.8 Å². The number of hydrogen-bond acceptors (Lipinski definition) is 3. The second-order valence-corrected chi connectivity index (χ2v) is 7.58. The van der Waals surface area contributed by atoms with Crippen LogP contribution in [-0.4, -0.2) is 42.1 Å². The van der Waals surface area contributed by atoms with Gasteiger partial charge in [-0.1, -0.05) is 60.7 Å². The average molecular weight is 369 g/mol. The van der Waals surface area contributed by atoms with Crippen molar-refractivity contribution in [1.82, 2.24) is 10.2 Å². The van der Waals surface area contributed by atoms with Crippen molar-refractivity contribution in [2.45, 2.75) is 18.1 Å². The summed E-state index contributed by atoms with van der Waals surface area (Å²) < 4.78 is 0. The van der Waals surface area contributed by atoms with Gasteiger partial charge in [0, 0.05) is 36.9 Å². The number of hydrogen-bond donors (Lipinski definition) is 1. The molecule has 0 saturated carbocycles. The summed E-state index contributed by atoms with van der Waals surface area (Å²) in [6, 6.07) is 20.3. The molecule has 0 aromatic heterocycles. The van der Waals surface area contributed by atoms with Gasteiger partial charge in [0.25, 0.3) is 0 Å². The van der Waals surface area contributed by atoms with Gasteiger partial charge in [-0.3, -0.25) is 9.59 Å². The molecule has 2 amide bonds. The Morgan fingerprint density at radius 2 is 1.77 bits per heavy atom. The van der Waals surface area contributed by atoms with Crippen molar-refractivity contribution in [3.05, 3.63) is 71.8 Å². The molecule has 136 valence electrons. The molecule has 0 spiro atoms. The van der Waals surface area contributed by atoms with Gasteiger partial charge < -0.3 is 10.2 Å². The van der Waals surface area contributed by atoms with Crippen LogP contribution in [0.3, 0.4) is 0 Å². The number of thioether (sulfide) groups is 1. The normalized spacial score (nSPS) is 16.7. The highest BCUT2D eigenvalue weighted by Crippen LogP contribution is 2.27. The Bertz CT molecular complexity index is 721. The van der Waals surface area contributed by atoms with E-state index >= 15 is 0 Å². The van der Waals surface area contributed by atoms with Gasteiger partial charge in [0.15, 0.2) is 0 Å². The maximum Gasteiger partial charge on any atom is 0.239 e. The monoisotopic (exact) mass is 368 g/mol. The van der Waals surface area contributed by atoms with Crippen molar-refractivity contribution in [1.29, 1.82) is 0 Å². The molecule has 1 N–H and O–H groups in total. The second kappa shape index (κ2) is 9.43. The van der Waals surface area contributed by atoms with Crippen LogP contribution in [0.15, 0.2) is 60.7 Å². The molecule has 3 rings (SSSR count). The summed E-state index contributed by atoms with van der Waals surface area (Å²) in [6.45, 7) is 1.41. The van der Waals surface area contributed by atoms with E-state index in [9.17, 15) is 9.59 Å². The predicted octanol–water partition coefficient (Wildman–Crippen LogP) is 3.05. The van der Waals surface area contributed by atoms with E-state index in [1.54, 1.807) is 16.7 Å². The minimum atomic E-state index is -0.0765. The SMILES string of the molecule is O=C(CN1C[C@@H](c2ccccc2)CC1=O)NCCSCc1ccccc1. The maximum atomic E-state index is 12.2. The van der Waals surface area contributed by atoms with Gasteiger partial charge in [-0.05, 0) is 11.1 Å². The zero-order valence-electron chi connectivity index (χ0n) is 14.8. The molecule has 1 heterocycles. The summed E-state index contributed by atoms with van der Waals surface area (Å²) in [5.41, 5.74) is 2.46. The second-order valence-electron chi connectivity index (χ2n) is 6.47. The quantitative estimate of drug-likeness (QED) is 0.729. The number of nitrogens with zero attached hydrogens (tertiary/aromatic N) is 1. The van der Waals surface area contributed by atoms with Gasteiger partial charge in [-0.25, -0.2) is 0 Å². The molecule has 1 saturated heterocycles. The van der Waals surface area contributed by atoms with Crippen molar-refractivity contribution in [2.24, 2.45) is 0 Å². The van der Waals surface area contributed by atoms with Crippen LogP contribution in [0.2, 0.25) is 0 Å². The van der Waals surface area contributed by atoms with Crippen LogP contribution in [0.25, 0.3) is 0 Å². The van der Waals surface area contributed by atoms with Crippen molar-refractivity contribution in [2.75, 3.05) is 25.4 Å². The maximum absolute atomic E-state index is 12.2. The predicted molar refractivity (Wildman–Crippen MR) is 106 cm³/mol. The van der Waals surface area contributed by atoms with Crippen LogP contribution in [0, 0.1) is 0 Å². The van der Waals surface area contributed by atoms with Gasteiger partial charge in [0.2, 0.25) is 11.8 Å². The fraction of sp³-hybridized carbons (Fsp3) is 0.333. The van der Waals surface area contributed by atoms with Crippen LogP contribution < -0.4 is 5.32 Å². The highest BCUT2D eigenvalue weighted by molar-refractivity contribution is 7.98. The average Bonchev–Trinajstić information content (AvgIpc) is 3.03. The van der Waals surface area contributed by atoms with Crippen LogP contribution >= 0.6 is 11.8 Å². The smallest absolute Gasteiger partial charge is 0.239 e. The number of carbonyl (C=O) groups excluding carboxylic acids is 2. The van der Waals surface area contributed by atoms with Crippen LogP contribution in [0.1, 0.15) is 23.5 Å². The number of nitrogens with one attached hydrogen (secondary N) is 1. The number of amides is 2. The van der Waals surface area contributed by atoms with E-state index < -0.39 is 0 Å². The van der Waals surface area contributed by atoms with Gasteiger partial charge in [0.05, 0.1) is 6.54 Å². The molecule has 0 unspecified atom stereocenters. The summed E-state index contributed by atoms with van der Waals surface area (Å²) in [6.07, 6.45) is 0.490. The molecule has 0 radical (unpaired) electrons. The molecule has 1 aliphatic heterocycles. The molecule has 2 aromatic carbocycles. The van der Waals surface area contributed by atoms with Gasteiger partial charge in [-0.15, -0.1) is 0 Å². The zero-order valence-corrected chi connectivity index (χ0v) is 15.6. The Labute approximate surface area is 159 Å². The molecule has 2 aromatic rings. The third-order valence-corrected chi connectivity index (χ3v) is 5.53. The summed E-state index contributed by atoms with van der Waals surface area (Å²) in [4.78, 5) is 25.9. The Kier molecular flexibility index (Phi) is 6.72. The molecular formula is C21H24N2O2S. The van der Waals surface area contributed by atoms with Crippen molar-refractivity contribution in [3.8, 4) is 0 Å². The third-order valence-electron chi connectivity index (χ3n) is 4.50. The number of rotatable bonds is 8. The zero-order chi connectivity index (χ0) is 18.2. The summed E-state index contributed by atoms with van der Waals surface area (Å²) in [5.74, 6) is 1.99. The van der Waals surface area contributed by atoms with E-state index in [4.69, 9.17) is 0 Å². The first-order valence-electron chi connectivity index (χ1n) is 8.93. The van der Waals surface area contributed by atoms with E-state index in [0.29, 0.717) is 19.5 Å². The Morgan fingerprint density at radius 1 is 1.08 bits per heavy atom. The lowest BCUT2D eigenvalue weighted by atomic mass is 9.99. The van der Waals surface area contributed by atoms with Crippen molar-refractivity contribution in [3.63, 3.8) is 0 Å². The van der Waals surface area contributed by atoms with Crippen LogP contribution in [0.4, 0.5) is 0 Å². The fourth-order valence-electron chi connectivity index (χ4n) is 3.13. The lowest BCUT2D eigenvalue weighted by Crippen LogP contribution is -2.38. The van der Waals surface area contributed by atoms with E-state index in [-0.39, 0.29) is 24.3 Å². The molecule has 26 heavy (non-hydrogen) atoms. The molecule has 4 nitrogen and oxygen atoms in total. The molecule has 0 bridgehead atoms. The van der Waals surface area contributed by atoms with E-state index in [1.165, 1.54) is 11.1 Å². The first-order valence-corrected chi connectivity index (χ1v) is 10.1. The number of benzene rings is 2. The molecule has 0 aliphatic carbocycles. The first kappa shape index (κ1) is 18.5. The molecule has 1 aliphatic rings. The summed E-state index contributed by atoms with van der Waals surface area (Å²) >= 11 is 1.79. The summed E-state index contributed by atoms with van der Waals surface area (Å²) in [5, 5.41) is 2.92. The summed E-state index contributed by atoms with van der Waals surface area (Å²) in [7, 11) is 0. The standard InChI is InChI=1S/C21H24N2O2S/c24-20(22-11-12-26-16-17-7-3-1-4-8-17)15-23-14-19(13-21(23)25)18-9-5-2-6-10-18/h1-10,19H,11-16H2,(H,22,24)/t19-/m0/s1. The van der Waals surface area contributed by atoms with E-state index in [0.717, 1.165) is 11.5 Å². The van der Waals surface area contributed by atoms with Crippen molar-refractivity contribution < 1.29 is 9.59 Å². The molecule has 5 heteroatoms. The lowest BCUT2D eigenvalue weighted by molar-refractivity contribution is -0.133. The van der Waals surface area contributed by atoms with Crippen LogP contribution in [0.5, 0.6) is 0 Å². The Morgan fingerprint density at radius 3 is 2.50 bits per heavy atom. The highest BCUT2D eigenvalue weighted by Gasteiger charge is 2.31. The van der Waals surface area contributed by atoms with E-state index in [1.807, 2.05) is 48.5 Å². The Hall–Kier alpha value is -2.27. The Balaban J connectivity index is 1.35. The van der Waals surface area contributed by atoms with Gasteiger partial charge in [0.1, 0.15) is 0 Å². The molecular weight excluding hydrogens is 344 g/mol. The number of carbonyl (C=O) groups is 2. The van der Waals surface area contributed by atoms with Gasteiger partial charge >= 0.3 is 0 Å². The lowest BCUT2D eigenvalue weighted by Gasteiger charge is -2.16. The van der Waals surface area contributed by atoms with E-state index in [2.05, 4.69) is 17.4 Å². The minimum Gasteiger partial charge on any atom is -0.354 e.